The summed E-state index contributed by atoms with van der Waals surface area (Å²) in [4.78, 5) is 6.74. The summed E-state index contributed by atoms with van der Waals surface area (Å²) in [6.07, 6.45) is 1.20. The van der Waals surface area contributed by atoms with E-state index in [1.54, 1.807) is 0 Å². The highest BCUT2D eigenvalue weighted by atomic mass is 35.5. The Morgan fingerprint density at radius 3 is 2.82 bits per heavy atom. The van der Waals surface area contributed by atoms with Crippen molar-refractivity contribution in [2.45, 2.75) is 38.8 Å². The first-order chi connectivity index (χ1) is 7.69. The van der Waals surface area contributed by atoms with Gasteiger partial charge in [-0.25, -0.2) is 0 Å². The van der Waals surface area contributed by atoms with E-state index in [0.717, 1.165) is 31.3 Å². The van der Waals surface area contributed by atoms with Crippen molar-refractivity contribution < 1.29 is 4.52 Å². The second-order valence-electron chi connectivity index (χ2n) is 4.71. The molecule has 0 saturated carbocycles. The van der Waals surface area contributed by atoms with Crippen LogP contribution in [-0.2, 0) is 6.54 Å². The number of hydrogen-bond acceptors (Lipinski definition) is 5. The molecule has 1 saturated heterocycles. The van der Waals surface area contributed by atoms with E-state index in [-0.39, 0.29) is 12.4 Å². The van der Waals surface area contributed by atoms with Crippen LogP contribution in [0.25, 0.3) is 0 Å². The van der Waals surface area contributed by atoms with Crippen LogP contribution in [0.15, 0.2) is 4.52 Å². The molecule has 0 aromatic carbocycles. The summed E-state index contributed by atoms with van der Waals surface area (Å²) in [5.74, 6) is 1.85. The van der Waals surface area contributed by atoms with E-state index in [0.29, 0.717) is 12.0 Å². The standard InChI is InChI=1S/C11H20N4O.ClH/c1-8(2)11-13-10(14-16-11)7-15-5-4-9(6-15)12-3;/h8-9,12H,4-7H2,1-3H3;1H. The molecule has 0 bridgehead atoms. The molecule has 1 unspecified atom stereocenters. The van der Waals surface area contributed by atoms with Gasteiger partial charge >= 0.3 is 0 Å². The van der Waals surface area contributed by atoms with Gasteiger partial charge in [0.05, 0.1) is 6.54 Å². The maximum atomic E-state index is 5.19. The van der Waals surface area contributed by atoms with E-state index in [4.69, 9.17) is 4.52 Å². The largest absolute Gasteiger partial charge is 0.339 e. The molecule has 1 fully saturated rings. The minimum atomic E-state index is 0. The maximum absolute atomic E-state index is 5.19. The average Bonchev–Trinajstić information content (AvgIpc) is 2.87. The number of nitrogens with one attached hydrogen (secondary N) is 1. The SMILES string of the molecule is CNC1CCN(Cc2noc(C(C)C)n2)C1.Cl. The van der Waals surface area contributed by atoms with Crippen molar-refractivity contribution in [3.05, 3.63) is 11.7 Å². The third kappa shape index (κ3) is 3.66. The normalized spacial score (nSPS) is 20.8. The zero-order chi connectivity index (χ0) is 11.5. The molecular formula is C11H21ClN4O. The van der Waals surface area contributed by atoms with Gasteiger partial charge in [0, 0.05) is 25.0 Å². The highest BCUT2D eigenvalue weighted by Gasteiger charge is 2.22. The van der Waals surface area contributed by atoms with Gasteiger partial charge in [0.25, 0.3) is 0 Å². The van der Waals surface area contributed by atoms with E-state index >= 15 is 0 Å². The van der Waals surface area contributed by atoms with Crippen LogP contribution in [-0.4, -0.2) is 41.2 Å². The second-order valence-corrected chi connectivity index (χ2v) is 4.71. The molecule has 1 aromatic rings. The summed E-state index contributed by atoms with van der Waals surface area (Å²) >= 11 is 0. The van der Waals surface area contributed by atoms with Crippen LogP contribution in [0, 0.1) is 0 Å². The van der Waals surface area contributed by atoms with Gasteiger partial charge in [0.15, 0.2) is 5.82 Å². The van der Waals surface area contributed by atoms with E-state index in [9.17, 15) is 0 Å². The second kappa shape index (κ2) is 6.33. The Labute approximate surface area is 108 Å². The Balaban J connectivity index is 0.00000144. The van der Waals surface area contributed by atoms with Crippen LogP contribution >= 0.6 is 12.4 Å². The number of nitrogens with zero attached hydrogens (tertiary/aromatic N) is 3. The minimum Gasteiger partial charge on any atom is -0.339 e. The fourth-order valence-corrected chi connectivity index (χ4v) is 1.98. The van der Waals surface area contributed by atoms with Crippen LogP contribution in [0.4, 0.5) is 0 Å². The summed E-state index contributed by atoms with van der Waals surface area (Å²) in [7, 11) is 2.01. The Morgan fingerprint density at radius 2 is 2.29 bits per heavy atom. The lowest BCUT2D eigenvalue weighted by Gasteiger charge is -2.12. The number of likely N-dealkylation sites (tertiary alicyclic amines) is 1. The predicted molar refractivity (Wildman–Crippen MR) is 68.4 cm³/mol. The van der Waals surface area contributed by atoms with Gasteiger partial charge in [-0.3, -0.25) is 4.90 Å². The lowest BCUT2D eigenvalue weighted by atomic mass is 10.2. The lowest BCUT2D eigenvalue weighted by molar-refractivity contribution is 0.301. The van der Waals surface area contributed by atoms with E-state index in [2.05, 4.69) is 34.2 Å². The molecule has 17 heavy (non-hydrogen) atoms. The third-order valence-electron chi connectivity index (χ3n) is 3.02. The number of hydrogen-bond donors (Lipinski definition) is 1. The van der Waals surface area contributed by atoms with Crippen LogP contribution in [0.3, 0.4) is 0 Å². The Bertz CT molecular complexity index is 342. The molecule has 1 atom stereocenters. The molecule has 1 N–H and O–H groups in total. The lowest BCUT2D eigenvalue weighted by Crippen LogP contribution is -2.29. The molecule has 1 aliphatic rings. The first-order valence-electron chi connectivity index (χ1n) is 5.91. The molecule has 0 aliphatic carbocycles. The smallest absolute Gasteiger partial charge is 0.229 e. The van der Waals surface area contributed by atoms with E-state index < -0.39 is 0 Å². The summed E-state index contributed by atoms with van der Waals surface area (Å²) in [6, 6.07) is 0.608. The number of rotatable bonds is 4. The molecule has 2 heterocycles. The average molecular weight is 261 g/mol. The van der Waals surface area contributed by atoms with Gasteiger partial charge in [-0.1, -0.05) is 19.0 Å². The maximum Gasteiger partial charge on any atom is 0.229 e. The summed E-state index contributed by atoms with van der Waals surface area (Å²) < 4.78 is 5.19. The van der Waals surface area contributed by atoms with Gasteiger partial charge in [0.1, 0.15) is 0 Å². The van der Waals surface area contributed by atoms with Crippen LogP contribution in [0.5, 0.6) is 0 Å². The zero-order valence-electron chi connectivity index (χ0n) is 10.6. The van der Waals surface area contributed by atoms with Crippen molar-refractivity contribution in [1.82, 2.24) is 20.4 Å². The van der Waals surface area contributed by atoms with Crippen molar-refractivity contribution in [2.24, 2.45) is 0 Å². The first-order valence-corrected chi connectivity index (χ1v) is 5.91. The fraction of sp³-hybridized carbons (Fsp3) is 0.818. The Hall–Kier alpha value is -0.650. The molecule has 0 radical (unpaired) electrons. The summed E-state index contributed by atoms with van der Waals surface area (Å²) in [5, 5.41) is 7.30. The van der Waals surface area contributed by atoms with E-state index in [1.165, 1.54) is 6.42 Å². The van der Waals surface area contributed by atoms with Gasteiger partial charge < -0.3 is 9.84 Å². The van der Waals surface area contributed by atoms with Crippen molar-refractivity contribution in [2.75, 3.05) is 20.1 Å². The molecular weight excluding hydrogens is 240 g/mol. The van der Waals surface area contributed by atoms with Crippen molar-refractivity contribution >= 4 is 12.4 Å². The first kappa shape index (κ1) is 14.4. The van der Waals surface area contributed by atoms with Gasteiger partial charge in [-0.2, -0.15) is 4.98 Å². The molecule has 5 nitrogen and oxygen atoms in total. The molecule has 1 aliphatic heterocycles. The highest BCUT2D eigenvalue weighted by Crippen LogP contribution is 2.14. The van der Waals surface area contributed by atoms with Crippen LogP contribution < -0.4 is 5.32 Å². The van der Waals surface area contributed by atoms with Crippen molar-refractivity contribution in [1.29, 1.82) is 0 Å². The molecule has 6 heteroatoms. The molecule has 98 valence electrons. The van der Waals surface area contributed by atoms with Crippen LogP contribution in [0.2, 0.25) is 0 Å². The summed E-state index contributed by atoms with van der Waals surface area (Å²) in [6.45, 7) is 7.10. The topological polar surface area (TPSA) is 54.2 Å². The van der Waals surface area contributed by atoms with Crippen molar-refractivity contribution in [3.63, 3.8) is 0 Å². The predicted octanol–water partition coefficient (Wildman–Crippen LogP) is 1.41. The minimum absolute atomic E-state index is 0. The zero-order valence-corrected chi connectivity index (χ0v) is 11.5. The number of likely N-dealkylation sites (N-methyl/N-ethyl adjacent to an activating group) is 1. The van der Waals surface area contributed by atoms with E-state index in [1.807, 2.05) is 7.05 Å². The van der Waals surface area contributed by atoms with Gasteiger partial charge in [0.2, 0.25) is 5.89 Å². The fourth-order valence-electron chi connectivity index (χ4n) is 1.98. The highest BCUT2D eigenvalue weighted by molar-refractivity contribution is 5.85. The summed E-state index contributed by atoms with van der Waals surface area (Å²) in [5.41, 5.74) is 0. The number of aromatic nitrogens is 2. The van der Waals surface area contributed by atoms with Crippen LogP contribution in [0.1, 0.15) is 37.9 Å². The molecule has 0 amide bonds. The van der Waals surface area contributed by atoms with Gasteiger partial charge in [-0.15, -0.1) is 12.4 Å². The monoisotopic (exact) mass is 260 g/mol. The Kier molecular flexibility index (Phi) is 5.36. The quantitative estimate of drug-likeness (QED) is 0.887. The molecule has 2 rings (SSSR count). The number of halogens is 1. The molecule has 0 spiro atoms. The molecule has 1 aromatic heterocycles. The third-order valence-corrected chi connectivity index (χ3v) is 3.02. The van der Waals surface area contributed by atoms with Gasteiger partial charge in [-0.05, 0) is 13.5 Å². The van der Waals surface area contributed by atoms with Crippen molar-refractivity contribution in [3.8, 4) is 0 Å². The Morgan fingerprint density at radius 1 is 1.53 bits per heavy atom.